The summed E-state index contributed by atoms with van der Waals surface area (Å²) in [7, 11) is 1.92. The summed E-state index contributed by atoms with van der Waals surface area (Å²) in [4.78, 5) is 0. The van der Waals surface area contributed by atoms with Crippen LogP contribution < -0.4 is 0 Å². The number of rotatable bonds is 2. The average Bonchev–Trinajstić information content (AvgIpc) is 2.31. The van der Waals surface area contributed by atoms with Gasteiger partial charge in [0.05, 0.1) is 5.69 Å². The Morgan fingerprint density at radius 3 is 3.10 bits per heavy atom. The van der Waals surface area contributed by atoms with E-state index in [0.29, 0.717) is 0 Å². The zero-order valence-electron chi connectivity index (χ0n) is 5.79. The molecule has 0 amide bonds. The normalized spacial score (nSPS) is 11.0. The minimum atomic E-state index is 0.887. The second kappa shape index (κ2) is 3.56. The van der Waals surface area contributed by atoms with E-state index < -0.39 is 0 Å². The Kier molecular flexibility index (Phi) is 2.68. The average molecular weight is 201 g/mol. The number of hydrogen-bond acceptors (Lipinski definition) is 1. The molecule has 0 N–H and O–H groups in total. The number of aromatic nitrogens is 2. The van der Waals surface area contributed by atoms with Gasteiger partial charge >= 0.3 is 0 Å². The highest BCUT2D eigenvalue weighted by Gasteiger charge is 1.89. The molecular weight excluding hydrogens is 192 g/mol. The van der Waals surface area contributed by atoms with E-state index in [2.05, 4.69) is 21.0 Å². The Bertz CT molecular complexity index is 227. The third-order valence-electron chi connectivity index (χ3n) is 1.24. The molecule has 0 bridgehead atoms. The fourth-order valence-electron chi connectivity index (χ4n) is 0.713. The van der Waals surface area contributed by atoms with Crippen molar-refractivity contribution < 1.29 is 0 Å². The van der Waals surface area contributed by atoms with Gasteiger partial charge in [0.25, 0.3) is 0 Å². The molecule has 0 spiro atoms. The molecule has 0 unspecified atom stereocenters. The Morgan fingerprint density at radius 2 is 2.60 bits per heavy atom. The third-order valence-corrected chi connectivity index (χ3v) is 1.61. The van der Waals surface area contributed by atoms with E-state index in [9.17, 15) is 0 Å². The molecule has 0 saturated heterocycles. The van der Waals surface area contributed by atoms with E-state index in [4.69, 9.17) is 0 Å². The van der Waals surface area contributed by atoms with Crippen molar-refractivity contribution in [3.63, 3.8) is 0 Å². The predicted molar refractivity (Wildman–Crippen MR) is 46.0 cm³/mol. The summed E-state index contributed by atoms with van der Waals surface area (Å²) in [6.45, 7) is 0. The fraction of sp³-hybridized carbons (Fsp3) is 0.286. The number of alkyl halides is 1. The number of nitrogens with zero attached hydrogens (tertiary/aromatic N) is 2. The number of hydrogen-bond donors (Lipinski definition) is 0. The highest BCUT2D eigenvalue weighted by molar-refractivity contribution is 9.09. The number of allylic oxidation sites excluding steroid dienone is 1. The topological polar surface area (TPSA) is 17.8 Å². The molecule has 0 atom stereocenters. The number of halogens is 1. The zero-order valence-corrected chi connectivity index (χ0v) is 7.37. The van der Waals surface area contributed by atoms with Crippen molar-refractivity contribution in [1.82, 2.24) is 9.78 Å². The summed E-state index contributed by atoms with van der Waals surface area (Å²) in [5.41, 5.74) is 1.12. The largest absolute Gasteiger partial charge is 0.269 e. The highest BCUT2D eigenvalue weighted by atomic mass is 79.9. The van der Waals surface area contributed by atoms with Crippen LogP contribution in [0.25, 0.3) is 6.08 Å². The molecular formula is C7H9BrN2. The maximum absolute atomic E-state index is 4.02. The molecule has 0 aromatic carbocycles. The molecule has 1 aromatic rings. The summed E-state index contributed by atoms with van der Waals surface area (Å²) in [5, 5.41) is 4.91. The molecule has 1 rings (SSSR count). The molecule has 2 nitrogen and oxygen atoms in total. The minimum Gasteiger partial charge on any atom is -0.269 e. The van der Waals surface area contributed by atoms with Gasteiger partial charge in [-0.05, 0) is 12.1 Å². The van der Waals surface area contributed by atoms with Crippen LogP contribution in [0.15, 0.2) is 18.3 Å². The Balaban J connectivity index is 2.74. The lowest BCUT2D eigenvalue weighted by molar-refractivity contribution is 0.759. The van der Waals surface area contributed by atoms with Crippen LogP contribution >= 0.6 is 15.9 Å². The fourth-order valence-corrected chi connectivity index (χ4v) is 0.900. The molecule has 10 heavy (non-hydrogen) atoms. The van der Waals surface area contributed by atoms with Gasteiger partial charge in [-0.2, -0.15) is 5.10 Å². The van der Waals surface area contributed by atoms with Crippen LogP contribution in [0.1, 0.15) is 5.69 Å². The molecule has 1 aromatic heterocycles. The minimum absolute atomic E-state index is 0.887. The lowest BCUT2D eigenvalue weighted by Gasteiger charge is -1.91. The smallest absolute Gasteiger partial charge is 0.0603 e. The van der Waals surface area contributed by atoms with Crippen LogP contribution in [0.2, 0.25) is 0 Å². The lowest BCUT2D eigenvalue weighted by atomic mass is 10.4. The second-order valence-electron chi connectivity index (χ2n) is 1.94. The van der Waals surface area contributed by atoms with Crippen molar-refractivity contribution in [3.05, 3.63) is 24.0 Å². The molecule has 0 aliphatic carbocycles. The van der Waals surface area contributed by atoms with Crippen LogP contribution in [0.5, 0.6) is 0 Å². The van der Waals surface area contributed by atoms with E-state index in [1.807, 2.05) is 29.9 Å². The van der Waals surface area contributed by atoms with Gasteiger partial charge in [0.1, 0.15) is 0 Å². The van der Waals surface area contributed by atoms with E-state index in [1.54, 1.807) is 6.20 Å². The summed E-state index contributed by atoms with van der Waals surface area (Å²) in [6, 6.07) is 1.97. The maximum Gasteiger partial charge on any atom is 0.0603 e. The summed E-state index contributed by atoms with van der Waals surface area (Å²) in [5.74, 6) is 0. The first-order valence-corrected chi connectivity index (χ1v) is 4.17. The van der Waals surface area contributed by atoms with Crippen molar-refractivity contribution in [3.8, 4) is 0 Å². The van der Waals surface area contributed by atoms with Gasteiger partial charge in [-0.3, -0.25) is 4.68 Å². The van der Waals surface area contributed by atoms with Crippen LogP contribution in [0.3, 0.4) is 0 Å². The summed E-state index contributed by atoms with van der Waals surface area (Å²) >= 11 is 3.30. The van der Waals surface area contributed by atoms with Crippen LogP contribution in [0, 0.1) is 0 Å². The van der Waals surface area contributed by atoms with Crippen LogP contribution in [0.4, 0.5) is 0 Å². The van der Waals surface area contributed by atoms with E-state index in [1.165, 1.54) is 0 Å². The molecule has 0 aliphatic heterocycles. The molecule has 1 heterocycles. The van der Waals surface area contributed by atoms with Crippen LogP contribution in [-0.2, 0) is 7.05 Å². The summed E-state index contributed by atoms with van der Waals surface area (Å²) < 4.78 is 1.83. The van der Waals surface area contributed by atoms with Crippen molar-refractivity contribution in [2.45, 2.75) is 0 Å². The Morgan fingerprint density at radius 1 is 1.80 bits per heavy atom. The highest BCUT2D eigenvalue weighted by Crippen LogP contribution is 1.99. The standard InChI is InChI=1S/C7H9BrN2/c1-10-7(3-2-5-8)4-6-9-10/h2-4,6H,5H2,1H3/b3-2+. The van der Waals surface area contributed by atoms with Crippen LogP contribution in [-0.4, -0.2) is 15.1 Å². The van der Waals surface area contributed by atoms with E-state index in [0.717, 1.165) is 11.0 Å². The van der Waals surface area contributed by atoms with Crippen molar-refractivity contribution in [1.29, 1.82) is 0 Å². The van der Waals surface area contributed by atoms with Gasteiger partial charge in [-0.25, -0.2) is 0 Å². The van der Waals surface area contributed by atoms with Gasteiger partial charge in [-0.1, -0.05) is 22.0 Å². The number of aryl methyl sites for hydroxylation is 1. The molecule has 0 saturated carbocycles. The first kappa shape index (κ1) is 7.54. The summed E-state index contributed by atoms with van der Waals surface area (Å²) in [6.07, 6.45) is 5.85. The van der Waals surface area contributed by atoms with Crippen molar-refractivity contribution in [2.24, 2.45) is 7.05 Å². The molecule has 0 radical (unpaired) electrons. The zero-order chi connectivity index (χ0) is 7.40. The first-order chi connectivity index (χ1) is 4.84. The quantitative estimate of drug-likeness (QED) is 0.667. The molecule has 54 valence electrons. The maximum atomic E-state index is 4.02. The third kappa shape index (κ3) is 1.70. The first-order valence-electron chi connectivity index (χ1n) is 3.05. The Hall–Kier alpha value is -0.570. The van der Waals surface area contributed by atoms with Gasteiger partial charge in [0, 0.05) is 18.6 Å². The van der Waals surface area contributed by atoms with E-state index in [-0.39, 0.29) is 0 Å². The van der Waals surface area contributed by atoms with Crippen molar-refractivity contribution in [2.75, 3.05) is 5.33 Å². The van der Waals surface area contributed by atoms with Gasteiger partial charge in [0.15, 0.2) is 0 Å². The monoisotopic (exact) mass is 200 g/mol. The molecule has 0 aliphatic rings. The molecule has 3 heteroatoms. The Labute approximate surface area is 68.7 Å². The van der Waals surface area contributed by atoms with Crippen molar-refractivity contribution >= 4 is 22.0 Å². The SMILES string of the molecule is Cn1nccc1/C=C/CBr. The second-order valence-corrected chi connectivity index (χ2v) is 2.58. The predicted octanol–water partition coefficient (Wildman–Crippen LogP) is 1.83. The lowest BCUT2D eigenvalue weighted by Crippen LogP contribution is -1.91. The van der Waals surface area contributed by atoms with Gasteiger partial charge in [0.2, 0.25) is 0 Å². The van der Waals surface area contributed by atoms with E-state index >= 15 is 0 Å². The molecule has 0 fully saturated rings. The van der Waals surface area contributed by atoms with Gasteiger partial charge in [-0.15, -0.1) is 0 Å². The van der Waals surface area contributed by atoms with Gasteiger partial charge < -0.3 is 0 Å².